The van der Waals surface area contributed by atoms with Gasteiger partial charge in [0.05, 0.1) is 22.9 Å². The SMILES string of the molecule is Cc1cc([C@@H]2CCCN2CCN2C(=O)c3ccccc3C2=O)on1. The number of hydrogen-bond acceptors (Lipinski definition) is 5. The van der Waals surface area contributed by atoms with Gasteiger partial charge >= 0.3 is 0 Å². The number of rotatable bonds is 4. The summed E-state index contributed by atoms with van der Waals surface area (Å²) in [5.41, 5.74) is 1.88. The number of amides is 2. The van der Waals surface area contributed by atoms with Crippen molar-refractivity contribution in [3.63, 3.8) is 0 Å². The molecule has 1 fully saturated rings. The van der Waals surface area contributed by atoms with E-state index >= 15 is 0 Å². The van der Waals surface area contributed by atoms with Gasteiger partial charge in [-0.3, -0.25) is 19.4 Å². The maximum atomic E-state index is 12.4. The van der Waals surface area contributed by atoms with Crippen LogP contribution in [0.1, 0.15) is 51.1 Å². The van der Waals surface area contributed by atoms with Crippen molar-refractivity contribution < 1.29 is 14.1 Å². The minimum Gasteiger partial charge on any atom is -0.359 e. The topological polar surface area (TPSA) is 66.7 Å². The van der Waals surface area contributed by atoms with Gasteiger partial charge in [0.1, 0.15) is 0 Å². The van der Waals surface area contributed by atoms with Crippen LogP contribution in [0.3, 0.4) is 0 Å². The summed E-state index contributed by atoms with van der Waals surface area (Å²) in [4.78, 5) is 28.5. The van der Waals surface area contributed by atoms with Crippen LogP contribution in [0.4, 0.5) is 0 Å². The van der Waals surface area contributed by atoms with Crippen LogP contribution in [0.25, 0.3) is 0 Å². The average molecular weight is 325 g/mol. The molecule has 2 aliphatic heterocycles. The smallest absolute Gasteiger partial charge is 0.261 e. The molecule has 0 unspecified atom stereocenters. The molecular weight excluding hydrogens is 306 g/mol. The molecular formula is C18H19N3O3. The van der Waals surface area contributed by atoms with E-state index in [1.165, 1.54) is 4.90 Å². The summed E-state index contributed by atoms with van der Waals surface area (Å²) in [6.45, 7) is 3.89. The van der Waals surface area contributed by atoms with Gasteiger partial charge in [-0.1, -0.05) is 17.3 Å². The normalized spacial score (nSPS) is 20.9. The first kappa shape index (κ1) is 15.1. The third-order valence-electron chi connectivity index (χ3n) is 4.83. The Balaban J connectivity index is 1.46. The summed E-state index contributed by atoms with van der Waals surface area (Å²) in [5.74, 6) is 0.482. The van der Waals surface area contributed by atoms with E-state index in [2.05, 4.69) is 10.1 Å². The molecule has 1 aromatic carbocycles. The summed E-state index contributed by atoms with van der Waals surface area (Å²) in [7, 11) is 0. The van der Waals surface area contributed by atoms with Crippen molar-refractivity contribution in [2.45, 2.75) is 25.8 Å². The van der Waals surface area contributed by atoms with Crippen LogP contribution in [0.5, 0.6) is 0 Å². The van der Waals surface area contributed by atoms with Gasteiger partial charge in [0, 0.05) is 19.2 Å². The quantitative estimate of drug-likeness (QED) is 0.808. The van der Waals surface area contributed by atoms with Gasteiger partial charge in [0.15, 0.2) is 5.76 Å². The Bertz CT molecular complexity index is 763. The molecule has 1 saturated heterocycles. The van der Waals surface area contributed by atoms with Gasteiger partial charge < -0.3 is 4.52 Å². The Morgan fingerprint density at radius 2 is 1.88 bits per heavy atom. The molecule has 6 heteroatoms. The van der Waals surface area contributed by atoms with Crippen molar-refractivity contribution in [2.75, 3.05) is 19.6 Å². The number of likely N-dealkylation sites (tertiary alicyclic amines) is 1. The number of aromatic nitrogens is 1. The predicted octanol–water partition coefficient (Wildman–Crippen LogP) is 2.42. The number of benzene rings is 1. The van der Waals surface area contributed by atoms with Crippen molar-refractivity contribution in [3.05, 3.63) is 52.9 Å². The lowest BCUT2D eigenvalue weighted by atomic mass is 10.1. The van der Waals surface area contributed by atoms with E-state index in [0.717, 1.165) is 30.8 Å². The molecule has 0 saturated carbocycles. The summed E-state index contributed by atoms with van der Waals surface area (Å²) >= 11 is 0. The molecule has 2 aliphatic rings. The standard InChI is InChI=1S/C18H19N3O3/c1-12-11-16(24-19-12)15-7-4-8-20(15)9-10-21-17(22)13-5-2-3-6-14(13)18(21)23/h2-3,5-6,11,15H,4,7-10H2,1H3/t15-/m0/s1. The van der Waals surface area contributed by atoms with E-state index in [1.807, 2.05) is 13.0 Å². The fraction of sp³-hybridized carbons (Fsp3) is 0.389. The van der Waals surface area contributed by atoms with Crippen LogP contribution in [0.2, 0.25) is 0 Å². The molecule has 2 aromatic rings. The van der Waals surface area contributed by atoms with E-state index in [-0.39, 0.29) is 17.9 Å². The zero-order valence-electron chi connectivity index (χ0n) is 13.6. The number of carbonyl (C=O) groups excluding carboxylic acids is 2. The van der Waals surface area contributed by atoms with Gasteiger partial charge in [-0.15, -0.1) is 0 Å². The van der Waals surface area contributed by atoms with Gasteiger partial charge in [0.2, 0.25) is 0 Å². The van der Waals surface area contributed by atoms with Crippen LogP contribution >= 0.6 is 0 Å². The highest BCUT2D eigenvalue weighted by Gasteiger charge is 2.36. The fourth-order valence-corrected chi connectivity index (χ4v) is 3.63. The van der Waals surface area contributed by atoms with Crippen molar-refractivity contribution >= 4 is 11.8 Å². The highest BCUT2D eigenvalue weighted by atomic mass is 16.5. The summed E-state index contributed by atoms with van der Waals surface area (Å²) in [6.07, 6.45) is 2.09. The molecule has 0 bridgehead atoms. The van der Waals surface area contributed by atoms with E-state index in [1.54, 1.807) is 24.3 Å². The van der Waals surface area contributed by atoms with E-state index in [0.29, 0.717) is 24.2 Å². The van der Waals surface area contributed by atoms with Crippen LogP contribution in [0, 0.1) is 6.92 Å². The second kappa shape index (κ2) is 5.87. The second-order valence-electron chi connectivity index (χ2n) is 6.37. The number of aryl methyl sites for hydroxylation is 1. The first-order chi connectivity index (χ1) is 11.6. The Morgan fingerprint density at radius 1 is 1.17 bits per heavy atom. The van der Waals surface area contributed by atoms with E-state index < -0.39 is 0 Å². The third kappa shape index (κ3) is 2.43. The molecule has 24 heavy (non-hydrogen) atoms. The maximum Gasteiger partial charge on any atom is 0.261 e. The summed E-state index contributed by atoms with van der Waals surface area (Å²) in [5, 5.41) is 3.96. The molecule has 6 nitrogen and oxygen atoms in total. The largest absolute Gasteiger partial charge is 0.359 e. The van der Waals surface area contributed by atoms with Crippen LogP contribution in [-0.4, -0.2) is 46.4 Å². The van der Waals surface area contributed by atoms with E-state index in [9.17, 15) is 9.59 Å². The Kier molecular flexibility index (Phi) is 3.69. The molecule has 0 aliphatic carbocycles. The van der Waals surface area contributed by atoms with Crippen LogP contribution in [-0.2, 0) is 0 Å². The zero-order valence-corrected chi connectivity index (χ0v) is 13.6. The molecule has 4 rings (SSSR count). The van der Waals surface area contributed by atoms with Gasteiger partial charge in [0.25, 0.3) is 11.8 Å². The van der Waals surface area contributed by atoms with Crippen molar-refractivity contribution in [1.29, 1.82) is 0 Å². The van der Waals surface area contributed by atoms with E-state index in [4.69, 9.17) is 4.52 Å². The fourth-order valence-electron chi connectivity index (χ4n) is 3.63. The Labute approximate surface area is 140 Å². The van der Waals surface area contributed by atoms with Crippen LogP contribution in [0.15, 0.2) is 34.9 Å². The lowest BCUT2D eigenvalue weighted by molar-refractivity contribution is 0.0630. The van der Waals surface area contributed by atoms with Crippen LogP contribution < -0.4 is 0 Å². The minimum atomic E-state index is -0.193. The molecule has 0 spiro atoms. The van der Waals surface area contributed by atoms with Gasteiger partial charge in [-0.2, -0.15) is 0 Å². The molecule has 0 N–H and O–H groups in total. The number of hydrogen-bond donors (Lipinski definition) is 0. The molecule has 124 valence electrons. The molecule has 1 aromatic heterocycles. The monoisotopic (exact) mass is 325 g/mol. The van der Waals surface area contributed by atoms with Crippen molar-refractivity contribution in [1.82, 2.24) is 15.0 Å². The van der Waals surface area contributed by atoms with Crippen molar-refractivity contribution in [2.24, 2.45) is 0 Å². The number of imide groups is 1. The first-order valence-corrected chi connectivity index (χ1v) is 8.27. The molecule has 0 radical (unpaired) electrons. The number of fused-ring (bicyclic) bond motifs is 1. The zero-order chi connectivity index (χ0) is 16.7. The highest BCUT2D eigenvalue weighted by Crippen LogP contribution is 2.32. The average Bonchev–Trinajstić information content (AvgIpc) is 3.27. The minimum absolute atomic E-state index is 0.182. The Hall–Kier alpha value is -2.47. The Morgan fingerprint density at radius 3 is 2.50 bits per heavy atom. The van der Waals surface area contributed by atoms with Gasteiger partial charge in [-0.25, -0.2) is 0 Å². The third-order valence-corrected chi connectivity index (χ3v) is 4.83. The lowest BCUT2D eigenvalue weighted by Crippen LogP contribution is -2.38. The summed E-state index contributed by atoms with van der Waals surface area (Å²) < 4.78 is 5.40. The first-order valence-electron chi connectivity index (χ1n) is 8.27. The highest BCUT2D eigenvalue weighted by molar-refractivity contribution is 6.21. The summed E-state index contributed by atoms with van der Waals surface area (Å²) in [6, 6.07) is 9.15. The molecule has 3 heterocycles. The second-order valence-corrected chi connectivity index (χ2v) is 6.37. The molecule has 2 amide bonds. The number of carbonyl (C=O) groups is 2. The van der Waals surface area contributed by atoms with Gasteiger partial charge in [-0.05, 0) is 38.4 Å². The van der Waals surface area contributed by atoms with Crippen molar-refractivity contribution in [3.8, 4) is 0 Å². The number of nitrogens with zero attached hydrogens (tertiary/aromatic N) is 3. The maximum absolute atomic E-state index is 12.4. The molecule has 1 atom stereocenters. The predicted molar refractivity (Wildman–Crippen MR) is 86.6 cm³/mol. The lowest BCUT2D eigenvalue weighted by Gasteiger charge is -2.24.